The predicted octanol–water partition coefficient (Wildman–Crippen LogP) is 0.943. The van der Waals surface area contributed by atoms with Crippen molar-refractivity contribution in [2.45, 2.75) is 62.8 Å². The second-order valence-electron chi connectivity index (χ2n) is 6.24. The molecule has 1 heterocycles. The van der Waals surface area contributed by atoms with E-state index < -0.39 is 9.84 Å². The van der Waals surface area contributed by atoms with Crippen LogP contribution in [-0.2, 0) is 14.6 Å². The molecule has 2 aliphatic rings. The number of likely N-dealkylation sites (tertiary alicyclic amines) is 1. The minimum atomic E-state index is -2.97. The number of hydrogen-bond acceptors (Lipinski definition) is 4. The molecule has 5 nitrogen and oxygen atoms in total. The van der Waals surface area contributed by atoms with Gasteiger partial charge in [0.25, 0.3) is 0 Å². The zero-order chi connectivity index (χ0) is 14.8. The third-order valence-electron chi connectivity index (χ3n) is 4.51. The molecule has 1 aliphatic heterocycles. The molecule has 1 saturated heterocycles. The quantitative estimate of drug-likeness (QED) is 0.839. The Morgan fingerprint density at radius 2 is 1.85 bits per heavy atom. The minimum absolute atomic E-state index is 0.144. The zero-order valence-corrected chi connectivity index (χ0v) is 13.3. The second kappa shape index (κ2) is 6.43. The average molecular weight is 302 g/mol. The lowest BCUT2D eigenvalue weighted by atomic mass is 9.94. The monoisotopic (exact) mass is 302 g/mol. The van der Waals surface area contributed by atoms with Crippen LogP contribution in [0.5, 0.6) is 0 Å². The SMILES string of the molecule is C[C@H](NC1CCCC(S(C)(=O)=O)C1)C(=O)N1CCCC1. The van der Waals surface area contributed by atoms with Crippen LogP contribution in [0.25, 0.3) is 0 Å². The van der Waals surface area contributed by atoms with Gasteiger partial charge in [-0.25, -0.2) is 8.42 Å². The Kier molecular flexibility index (Phi) is 5.07. The van der Waals surface area contributed by atoms with Crippen LogP contribution in [0.3, 0.4) is 0 Å². The molecule has 3 atom stereocenters. The van der Waals surface area contributed by atoms with E-state index in [2.05, 4.69) is 5.32 Å². The summed E-state index contributed by atoms with van der Waals surface area (Å²) < 4.78 is 23.3. The van der Waals surface area contributed by atoms with Crippen molar-refractivity contribution in [3.63, 3.8) is 0 Å². The Morgan fingerprint density at radius 1 is 1.20 bits per heavy atom. The van der Waals surface area contributed by atoms with Gasteiger partial charge in [-0.15, -0.1) is 0 Å². The van der Waals surface area contributed by atoms with Gasteiger partial charge in [0.15, 0.2) is 0 Å². The first-order valence-electron chi connectivity index (χ1n) is 7.61. The minimum Gasteiger partial charge on any atom is -0.341 e. The predicted molar refractivity (Wildman–Crippen MR) is 79.3 cm³/mol. The summed E-state index contributed by atoms with van der Waals surface area (Å²) in [5, 5.41) is 3.09. The van der Waals surface area contributed by atoms with Crippen LogP contribution >= 0.6 is 0 Å². The van der Waals surface area contributed by atoms with Crippen molar-refractivity contribution < 1.29 is 13.2 Å². The number of sulfone groups is 1. The number of hydrogen-bond donors (Lipinski definition) is 1. The van der Waals surface area contributed by atoms with Gasteiger partial charge in [-0.1, -0.05) is 6.42 Å². The third-order valence-corrected chi connectivity index (χ3v) is 6.14. The molecule has 1 aliphatic carbocycles. The number of nitrogens with one attached hydrogen (secondary N) is 1. The highest BCUT2D eigenvalue weighted by Gasteiger charge is 2.31. The molecule has 0 spiro atoms. The van der Waals surface area contributed by atoms with E-state index in [0.29, 0.717) is 6.42 Å². The van der Waals surface area contributed by atoms with Gasteiger partial charge in [0.2, 0.25) is 5.91 Å². The highest BCUT2D eigenvalue weighted by Crippen LogP contribution is 2.24. The van der Waals surface area contributed by atoms with E-state index in [4.69, 9.17) is 0 Å². The smallest absolute Gasteiger partial charge is 0.239 e. The molecular weight excluding hydrogens is 276 g/mol. The highest BCUT2D eigenvalue weighted by atomic mass is 32.2. The second-order valence-corrected chi connectivity index (χ2v) is 8.56. The van der Waals surface area contributed by atoms with Crippen molar-refractivity contribution in [2.24, 2.45) is 0 Å². The first-order chi connectivity index (χ1) is 9.38. The molecule has 1 saturated carbocycles. The fraction of sp³-hybridized carbons (Fsp3) is 0.929. The first kappa shape index (κ1) is 15.8. The molecule has 116 valence electrons. The normalized spacial score (nSPS) is 29.4. The van der Waals surface area contributed by atoms with Gasteiger partial charge in [-0.2, -0.15) is 0 Å². The summed E-state index contributed by atoms with van der Waals surface area (Å²) in [5.74, 6) is 0.156. The Bertz CT molecular complexity index is 443. The Morgan fingerprint density at radius 3 is 2.45 bits per heavy atom. The lowest BCUT2D eigenvalue weighted by Crippen LogP contribution is -2.49. The topological polar surface area (TPSA) is 66.5 Å². The molecular formula is C14H26N2O3S. The third kappa shape index (κ3) is 3.95. The summed E-state index contributed by atoms with van der Waals surface area (Å²) in [6, 6.07) is -0.0681. The lowest BCUT2D eigenvalue weighted by Gasteiger charge is -2.31. The van der Waals surface area contributed by atoms with Gasteiger partial charge >= 0.3 is 0 Å². The molecule has 6 heteroatoms. The van der Waals surface area contributed by atoms with Crippen LogP contribution in [0.15, 0.2) is 0 Å². The molecule has 0 bridgehead atoms. The van der Waals surface area contributed by atoms with E-state index in [1.54, 1.807) is 0 Å². The summed E-state index contributed by atoms with van der Waals surface area (Å²) in [4.78, 5) is 14.2. The summed E-state index contributed by atoms with van der Waals surface area (Å²) >= 11 is 0. The van der Waals surface area contributed by atoms with E-state index in [0.717, 1.165) is 45.2 Å². The van der Waals surface area contributed by atoms with Gasteiger partial charge in [-0.05, 0) is 39.0 Å². The maximum Gasteiger partial charge on any atom is 0.239 e. The van der Waals surface area contributed by atoms with E-state index in [1.807, 2.05) is 11.8 Å². The van der Waals surface area contributed by atoms with Gasteiger partial charge in [0.1, 0.15) is 9.84 Å². The van der Waals surface area contributed by atoms with Gasteiger partial charge in [0.05, 0.1) is 11.3 Å². The van der Waals surface area contributed by atoms with Gasteiger partial charge < -0.3 is 10.2 Å². The molecule has 2 fully saturated rings. The summed E-state index contributed by atoms with van der Waals surface area (Å²) in [7, 11) is -2.97. The molecule has 2 rings (SSSR count). The number of carbonyl (C=O) groups is 1. The summed E-state index contributed by atoms with van der Waals surface area (Å²) in [6.45, 7) is 3.62. The Hall–Kier alpha value is -0.620. The molecule has 0 radical (unpaired) electrons. The molecule has 0 aromatic heterocycles. The number of amides is 1. The average Bonchev–Trinajstić information content (AvgIpc) is 2.91. The molecule has 20 heavy (non-hydrogen) atoms. The van der Waals surface area contributed by atoms with Crippen molar-refractivity contribution in [1.29, 1.82) is 0 Å². The highest BCUT2D eigenvalue weighted by molar-refractivity contribution is 7.91. The number of nitrogens with zero attached hydrogens (tertiary/aromatic N) is 1. The maximum atomic E-state index is 12.2. The fourth-order valence-electron chi connectivity index (χ4n) is 3.32. The van der Waals surface area contributed by atoms with Crippen LogP contribution in [0.4, 0.5) is 0 Å². The van der Waals surface area contributed by atoms with Crippen LogP contribution < -0.4 is 5.32 Å². The molecule has 0 aromatic carbocycles. The number of carbonyl (C=O) groups excluding carboxylic acids is 1. The lowest BCUT2D eigenvalue weighted by molar-refractivity contribution is -0.132. The van der Waals surface area contributed by atoms with E-state index in [-0.39, 0.29) is 23.2 Å². The van der Waals surface area contributed by atoms with Crippen molar-refractivity contribution in [1.82, 2.24) is 10.2 Å². The first-order valence-corrected chi connectivity index (χ1v) is 9.57. The number of rotatable bonds is 4. The van der Waals surface area contributed by atoms with E-state index in [1.165, 1.54) is 6.26 Å². The van der Waals surface area contributed by atoms with Crippen molar-refractivity contribution in [2.75, 3.05) is 19.3 Å². The largest absolute Gasteiger partial charge is 0.341 e. The Labute approximate surface area is 122 Å². The van der Waals surface area contributed by atoms with Crippen LogP contribution in [0, 0.1) is 0 Å². The van der Waals surface area contributed by atoms with Crippen LogP contribution in [0.1, 0.15) is 45.4 Å². The standard InChI is InChI=1S/C14H26N2O3S/c1-11(14(17)16-8-3-4-9-16)15-12-6-5-7-13(10-12)20(2,18)19/h11-13,15H,3-10H2,1-2H3/t11-,12?,13?/m0/s1. The Balaban J connectivity index is 1.87. The van der Waals surface area contributed by atoms with Gasteiger partial charge in [0, 0.05) is 25.4 Å². The van der Waals surface area contributed by atoms with Crippen LogP contribution in [0.2, 0.25) is 0 Å². The van der Waals surface area contributed by atoms with E-state index in [9.17, 15) is 13.2 Å². The molecule has 1 amide bonds. The van der Waals surface area contributed by atoms with Gasteiger partial charge in [-0.3, -0.25) is 4.79 Å². The fourth-order valence-corrected chi connectivity index (χ4v) is 4.50. The maximum absolute atomic E-state index is 12.2. The van der Waals surface area contributed by atoms with E-state index >= 15 is 0 Å². The van der Waals surface area contributed by atoms with Crippen molar-refractivity contribution in [3.8, 4) is 0 Å². The van der Waals surface area contributed by atoms with Crippen molar-refractivity contribution >= 4 is 15.7 Å². The summed E-state index contributed by atoms with van der Waals surface area (Å²) in [6.07, 6.45) is 6.78. The molecule has 1 N–H and O–H groups in total. The molecule has 2 unspecified atom stereocenters. The van der Waals surface area contributed by atoms with Crippen molar-refractivity contribution in [3.05, 3.63) is 0 Å². The summed E-state index contributed by atoms with van der Waals surface area (Å²) in [5.41, 5.74) is 0. The molecule has 0 aromatic rings. The zero-order valence-electron chi connectivity index (χ0n) is 12.5. The van der Waals surface area contributed by atoms with Crippen LogP contribution in [-0.4, -0.2) is 55.9 Å².